The van der Waals surface area contributed by atoms with Crippen molar-refractivity contribution in [2.45, 2.75) is 31.1 Å². The number of carbonyl (C=O) groups excluding carboxylic acids is 1. The molecule has 0 aromatic carbocycles. The fourth-order valence-corrected chi connectivity index (χ4v) is 3.96. The molecule has 0 spiro atoms. The Bertz CT molecular complexity index is 763. The fourth-order valence-electron chi connectivity index (χ4n) is 3.96. The molecule has 1 amide bonds. The number of aromatic nitrogens is 3. The molecule has 1 N–H and O–H groups in total. The number of H-pyrrole nitrogens is 1. The first kappa shape index (κ1) is 15.3. The molecule has 2 aromatic heterocycles. The lowest BCUT2D eigenvalue weighted by Gasteiger charge is -2.22. The number of rotatable bonds is 3. The summed E-state index contributed by atoms with van der Waals surface area (Å²) in [6.45, 7) is 6.67. The summed E-state index contributed by atoms with van der Waals surface area (Å²) in [5, 5.41) is 1.15. The van der Waals surface area contributed by atoms with Crippen molar-refractivity contribution in [1.29, 1.82) is 0 Å². The molecule has 6 nitrogen and oxygen atoms in total. The molecule has 6 heteroatoms. The molecule has 0 aliphatic carbocycles. The Morgan fingerprint density at radius 1 is 1.29 bits per heavy atom. The third-order valence-electron chi connectivity index (χ3n) is 5.25. The molecule has 4 heterocycles. The normalized spacial score (nSPS) is 22.2. The third kappa shape index (κ3) is 2.60. The number of nitrogens with one attached hydrogen (secondary N) is 1. The first-order valence-corrected chi connectivity index (χ1v) is 8.59. The molecule has 24 heavy (non-hydrogen) atoms. The van der Waals surface area contributed by atoms with Crippen molar-refractivity contribution >= 4 is 16.9 Å². The zero-order valence-electron chi connectivity index (χ0n) is 13.7. The molecule has 2 fully saturated rings. The van der Waals surface area contributed by atoms with Crippen LogP contribution in [-0.4, -0.2) is 52.1 Å². The van der Waals surface area contributed by atoms with Gasteiger partial charge in [-0.05, 0) is 36.8 Å². The zero-order valence-corrected chi connectivity index (χ0v) is 13.7. The van der Waals surface area contributed by atoms with Crippen LogP contribution in [-0.2, 0) is 9.53 Å². The van der Waals surface area contributed by atoms with E-state index in [-0.39, 0.29) is 11.8 Å². The van der Waals surface area contributed by atoms with Crippen LogP contribution in [0.15, 0.2) is 25.2 Å². The summed E-state index contributed by atoms with van der Waals surface area (Å²) >= 11 is 0. The molecule has 4 rings (SSSR count). The van der Waals surface area contributed by atoms with Crippen LogP contribution in [0.2, 0.25) is 0 Å². The number of aromatic amines is 1. The Kier molecular flexibility index (Phi) is 4.06. The number of carbonyl (C=O) groups is 1. The highest BCUT2D eigenvalue weighted by molar-refractivity contribution is 5.87. The van der Waals surface area contributed by atoms with E-state index in [1.54, 1.807) is 6.33 Å². The molecule has 126 valence electrons. The first-order chi connectivity index (χ1) is 11.8. The van der Waals surface area contributed by atoms with Crippen LogP contribution in [0.3, 0.4) is 0 Å². The smallest absolute Gasteiger partial charge is 0.245 e. The van der Waals surface area contributed by atoms with Gasteiger partial charge < -0.3 is 14.6 Å². The minimum atomic E-state index is 0.00141. The largest absolute Gasteiger partial charge is 0.381 e. The van der Waals surface area contributed by atoms with E-state index in [1.807, 2.05) is 4.90 Å². The Balaban J connectivity index is 1.69. The van der Waals surface area contributed by atoms with E-state index in [0.717, 1.165) is 55.7 Å². The maximum Gasteiger partial charge on any atom is 0.245 e. The van der Waals surface area contributed by atoms with Crippen LogP contribution in [0.1, 0.15) is 42.4 Å². The van der Waals surface area contributed by atoms with E-state index in [1.165, 1.54) is 11.6 Å². The number of hydrogen-bond donors (Lipinski definition) is 1. The lowest BCUT2D eigenvalue weighted by molar-refractivity contribution is -0.125. The van der Waals surface area contributed by atoms with Gasteiger partial charge in [-0.3, -0.25) is 4.79 Å². The van der Waals surface area contributed by atoms with E-state index >= 15 is 0 Å². The van der Waals surface area contributed by atoms with Crippen LogP contribution in [0.5, 0.6) is 0 Å². The van der Waals surface area contributed by atoms with Crippen molar-refractivity contribution < 1.29 is 9.53 Å². The maximum atomic E-state index is 11.9. The SMILES string of the molecule is C=CC(=O)N1CC[C@@H](c2ncnc3[nH]cc(C4CCOCC4)c23)C1. The maximum absolute atomic E-state index is 11.9. The fraction of sp³-hybridized carbons (Fsp3) is 0.500. The Morgan fingerprint density at radius 3 is 2.92 bits per heavy atom. The Hall–Kier alpha value is -2.21. The van der Waals surface area contributed by atoms with E-state index < -0.39 is 0 Å². The van der Waals surface area contributed by atoms with Gasteiger partial charge in [-0.2, -0.15) is 0 Å². The van der Waals surface area contributed by atoms with Gasteiger partial charge in [-0.25, -0.2) is 9.97 Å². The molecule has 2 aliphatic rings. The Morgan fingerprint density at radius 2 is 2.12 bits per heavy atom. The number of ether oxygens (including phenoxy) is 1. The summed E-state index contributed by atoms with van der Waals surface area (Å²) in [5.74, 6) is 0.750. The monoisotopic (exact) mass is 326 g/mol. The van der Waals surface area contributed by atoms with Crippen molar-refractivity contribution in [2.75, 3.05) is 26.3 Å². The topological polar surface area (TPSA) is 71.1 Å². The van der Waals surface area contributed by atoms with E-state index in [0.29, 0.717) is 12.5 Å². The lowest BCUT2D eigenvalue weighted by Crippen LogP contribution is -2.26. The molecular formula is C18H22N4O2. The highest BCUT2D eigenvalue weighted by atomic mass is 16.5. The van der Waals surface area contributed by atoms with Crippen molar-refractivity contribution in [3.05, 3.63) is 36.4 Å². The first-order valence-electron chi connectivity index (χ1n) is 8.59. The van der Waals surface area contributed by atoms with Crippen molar-refractivity contribution in [3.63, 3.8) is 0 Å². The highest BCUT2D eigenvalue weighted by Crippen LogP contribution is 2.37. The van der Waals surface area contributed by atoms with E-state index in [2.05, 4.69) is 27.7 Å². The molecule has 0 bridgehead atoms. The second-order valence-corrected chi connectivity index (χ2v) is 6.59. The summed E-state index contributed by atoms with van der Waals surface area (Å²) in [5.41, 5.74) is 3.27. The molecular weight excluding hydrogens is 304 g/mol. The standard InChI is InChI=1S/C18H22N4O2/c1-2-15(23)22-6-3-13(10-22)17-16-14(12-4-7-24-8-5-12)9-19-18(16)21-11-20-17/h2,9,11-13H,1,3-8,10H2,(H,19,20,21)/t13-/m1/s1. The van der Waals surface area contributed by atoms with Gasteiger partial charge in [0.15, 0.2) is 0 Å². The third-order valence-corrected chi connectivity index (χ3v) is 5.25. The van der Waals surface area contributed by atoms with Gasteiger partial charge >= 0.3 is 0 Å². The Labute approximate surface area is 140 Å². The summed E-state index contributed by atoms with van der Waals surface area (Å²) in [7, 11) is 0. The van der Waals surface area contributed by atoms with Gasteiger partial charge in [0.05, 0.1) is 5.69 Å². The number of nitrogens with zero attached hydrogens (tertiary/aromatic N) is 3. The average Bonchev–Trinajstić information content (AvgIpc) is 3.29. The zero-order chi connectivity index (χ0) is 16.5. The molecule has 2 saturated heterocycles. The number of hydrogen-bond acceptors (Lipinski definition) is 4. The minimum absolute atomic E-state index is 0.00141. The number of amides is 1. The number of fused-ring (bicyclic) bond motifs is 1. The molecule has 0 saturated carbocycles. The summed E-state index contributed by atoms with van der Waals surface area (Å²) in [4.78, 5) is 26.0. The van der Waals surface area contributed by atoms with E-state index in [9.17, 15) is 4.79 Å². The second-order valence-electron chi connectivity index (χ2n) is 6.59. The van der Waals surface area contributed by atoms with Gasteiger partial charge in [0.25, 0.3) is 0 Å². The van der Waals surface area contributed by atoms with Crippen LogP contribution < -0.4 is 0 Å². The van der Waals surface area contributed by atoms with Crippen LogP contribution >= 0.6 is 0 Å². The summed E-state index contributed by atoms with van der Waals surface area (Å²) < 4.78 is 5.50. The molecule has 0 unspecified atom stereocenters. The second kappa shape index (κ2) is 6.36. The highest BCUT2D eigenvalue weighted by Gasteiger charge is 2.30. The minimum Gasteiger partial charge on any atom is -0.381 e. The average molecular weight is 326 g/mol. The quantitative estimate of drug-likeness (QED) is 0.879. The predicted molar refractivity (Wildman–Crippen MR) is 90.8 cm³/mol. The van der Waals surface area contributed by atoms with Crippen LogP contribution in [0.4, 0.5) is 0 Å². The van der Waals surface area contributed by atoms with Crippen LogP contribution in [0.25, 0.3) is 11.0 Å². The van der Waals surface area contributed by atoms with Gasteiger partial charge in [0.2, 0.25) is 5.91 Å². The van der Waals surface area contributed by atoms with Gasteiger partial charge in [0, 0.05) is 43.8 Å². The molecule has 2 aromatic rings. The van der Waals surface area contributed by atoms with Crippen molar-refractivity contribution in [2.24, 2.45) is 0 Å². The lowest BCUT2D eigenvalue weighted by atomic mass is 9.89. The molecule has 0 radical (unpaired) electrons. The van der Waals surface area contributed by atoms with Gasteiger partial charge in [-0.15, -0.1) is 0 Å². The van der Waals surface area contributed by atoms with Crippen molar-refractivity contribution in [3.8, 4) is 0 Å². The van der Waals surface area contributed by atoms with Crippen LogP contribution in [0, 0.1) is 0 Å². The predicted octanol–water partition coefficient (Wildman–Crippen LogP) is 2.35. The summed E-state index contributed by atoms with van der Waals surface area (Å²) in [6, 6.07) is 0. The van der Waals surface area contributed by atoms with E-state index in [4.69, 9.17) is 4.74 Å². The molecule has 2 aliphatic heterocycles. The van der Waals surface area contributed by atoms with Gasteiger partial charge in [-0.1, -0.05) is 6.58 Å². The number of likely N-dealkylation sites (tertiary alicyclic amines) is 1. The van der Waals surface area contributed by atoms with Crippen molar-refractivity contribution in [1.82, 2.24) is 19.9 Å². The summed E-state index contributed by atoms with van der Waals surface area (Å²) in [6.07, 6.45) is 8.10. The molecule has 1 atom stereocenters. The van der Waals surface area contributed by atoms with Gasteiger partial charge in [0.1, 0.15) is 12.0 Å².